The second-order valence-corrected chi connectivity index (χ2v) is 5.06. The van der Waals surface area contributed by atoms with Gasteiger partial charge in [-0.1, -0.05) is 18.2 Å². The highest BCUT2D eigenvalue weighted by Gasteiger charge is 2.38. The molecule has 1 atom stereocenters. The van der Waals surface area contributed by atoms with Gasteiger partial charge in [0.25, 0.3) is 11.8 Å². The van der Waals surface area contributed by atoms with Crippen LogP contribution >= 0.6 is 0 Å². The van der Waals surface area contributed by atoms with Gasteiger partial charge in [0.2, 0.25) is 5.91 Å². The van der Waals surface area contributed by atoms with E-state index in [0.29, 0.717) is 11.2 Å². The minimum atomic E-state index is -0.979. The van der Waals surface area contributed by atoms with Crippen LogP contribution in [0.5, 0.6) is 0 Å². The molecule has 3 rings (SSSR count). The maximum Gasteiger partial charge on any atom is 0.253 e. The molecule has 7 heteroatoms. The van der Waals surface area contributed by atoms with E-state index in [0.717, 1.165) is 10.4 Å². The fourth-order valence-electron chi connectivity index (χ4n) is 2.42. The Balaban J connectivity index is 1.77. The molecule has 3 amide bonds. The van der Waals surface area contributed by atoms with E-state index in [4.69, 9.17) is 0 Å². The lowest BCUT2D eigenvalue weighted by atomic mass is 10.0. The number of amides is 3. The van der Waals surface area contributed by atoms with E-state index >= 15 is 0 Å². The summed E-state index contributed by atoms with van der Waals surface area (Å²) >= 11 is 0. The Hall–Kier alpha value is -2.96. The van der Waals surface area contributed by atoms with Gasteiger partial charge in [0.05, 0.1) is 11.2 Å². The molecule has 2 heterocycles. The van der Waals surface area contributed by atoms with E-state index in [2.05, 4.69) is 15.7 Å². The summed E-state index contributed by atoms with van der Waals surface area (Å²) in [4.78, 5) is 39.8. The molecule has 112 valence electrons. The summed E-state index contributed by atoms with van der Waals surface area (Å²) < 4.78 is 0. The average Bonchev–Trinajstić information content (AvgIpc) is 2.74. The Morgan fingerprint density at radius 1 is 1.32 bits per heavy atom. The number of hydrogen-bond acceptors (Lipinski definition) is 4. The number of nitrogens with one attached hydrogen (secondary N) is 2. The van der Waals surface area contributed by atoms with Gasteiger partial charge >= 0.3 is 0 Å². The lowest BCUT2D eigenvalue weighted by molar-refractivity contribution is -0.134. The van der Waals surface area contributed by atoms with Crippen molar-refractivity contribution >= 4 is 34.3 Å². The number of carbonyl (C=O) groups is 3. The maximum atomic E-state index is 12.1. The summed E-state index contributed by atoms with van der Waals surface area (Å²) in [5.74, 6) is -2.25. The van der Waals surface area contributed by atoms with Gasteiger partial charge in [-0.05, 0) is 12.1 Å². The lowest BCUT2D eigenvalue weighted by Gasteiger charge is -2.09. The summed E-state index contributed by atoms with van der Waals surface area (Å²) in [6, 6.07) is 9.13. The van der Waals surface area contributed by atoms with Crippen molar-refractivity contribution in [2.24, 2.45) is 5.92 Å². The Bertz CT molecular complexity index is 769. The van der Waals surface area contributed by atoms with E-state index in [9.17, 15) is 14.4 Å². The molecule has 1 unspecified atom stereocenters. The first-order valence-corrected chi connectivity index (χ1v) is 6.78. The Kier molecular flexibility index (Phi) is 3.46. The van der Waals surface area contributed by atoms with Gasteiger partial charge < -0.3 is 5.32 Å². The highest BCUT2D eigenvalue weighted by atomic mass is 16.2. The van der Waals surface area contributed by atoms with Crippen molar-refractivity contribution < 1.29 is 14.4 Å². The summed E-state index contributed by atoms with van der Waals surface area (Å²) in [5.41, 5.74) is 3.59. The first-order chi connectivity index (χ1) is 10.6. The monoisotopic (exact) mass is 298 g/mol. The molecule has 0 radical (unpaired) electrons. The molecular formula is C15H14N4O3. The molecule has 0 bridgehead atoms. The number of aromatic nitrogens is 1. The zero-order valence-corrected chi connectivity index (χ0v) is 11.9. The quantitative estimate of drug-likeness (QED) is 0.815. The third-order valence-corrected chi connectivity index (χ3v) is 3.52. The smallest absolute Gasteiger partial charge is 0.253 e. The molecule has 1 aliphatic rings. The van der Waals surface area contributed by atoms with Crippen molar-refractivity contribution in [3.63, 3.8) is 0 Å². The fraction of sp³-hybridized carbons (Fsp3) is 0.200. The van der Waals surface area contributed by atoms with E-state index in [1.54, 1.807) is 18.3 Å². The highest BCUT2D eigenvalue weighted by molar-refractivity contribution is 6.09. The van der Waals surface area contributed by atoms with Gasteiger partial charge in [0, 0.05) is 25.1 Å². The standard InChI is InChI=1S/C15H14N4O3/c1-19-15(22)10(14(21)18-19)8-12(20)17-11-6-2-4-9-5-3-7-16-13(9)11/h2-7,10H,8H2,1H3,(H,17,20)(H,18,21). The van der Waals surface area contributed by atoms with E-state index in [1.807, 2.05) is 18.2 Å². The van der Waals surface area contributed by atoms with Gasteiger partial charge in [0.15, 0.2) is 0 Å². The van der Waals surface area contributed by atoms with Gasteiger partial charge in [-0.3, -0.25) is 29.8 Å². The number of nitrogens with zero attached hydrogens (tertiary/aromatic N) is 2. The Morgan fingerprint density at radius 2 is 2.09 bits per heavy atom. The Morgan fingerprint density at radius 3 is 2.82 bits per heavy atom. The van der Waals surface area contributed by atoms with E-state index in [-0.39, 0.29) is 6.42 Å². The summed E-state index contributed by atoms with van der Waals surface area (Å²) in [6.45, 7) is 0. The summed E-state index contributed by atoms with van der Waals surface area (Å²) in [6.07, 6.45) is 1.44. The zero-order chi connectivity index (χ0) is 15.7. The van der Waals surface area contributed by atoms with E-state index in [1.165, 1.54) is 7.05 Å². The molecule has 1 aromatic heterocycles. The number of para-hydroxylation sites is 1. The van der Waals surface area contributed by atoms with Gasteiger partial charge in [-0.2, -0.15) is 0 Å². The molecule has 1 saturated heterocycles. The summed E-state index contributed by atoms with van der Waals surface area (Å²) in [5, 5.41) is 4.71. The lowest BCUT2D eigenvalue weighted by Crippen LogP contribution is -2.31. The predicted octanol–water partition coefficient (Wildman–Crippen LogP) is 0.683. The number of hydrogen-bond donors (Lipinski definition) is 2. The van der Waals surface area contributed by atoms with Crippen LogP contribution in [0, 0.1) is 5.92 Å². The number of rotatable bonds is 3. The number of carbonyl (C=O) groups excluding carboxylic acids is 3. The van der Waals surface area contributed by atoms with Crippen LogP contribution in [0.2, 0.25) is 0 Å². The number of hydrazine groups is 1. The van der Waals surface area contributed by atoms with Crippen molar-refractivity contribution in [1.29, 1.82) is 0 Å². The number of anilines is 1. The molecule has 0 spiro atoms. The molecule has 1 fully saturated rings. The third-order valence-electron chi connectivity index (χ3n) is 3.52. The molecule has 2 aromatic rings. The molecule has 0 saturated carbocycles. The van der Waals surface area contributed by atoms with Crippen molar-refractivity contribution in [2.45, 2.75) is 6.42 Å². The van der Waals surface area contributed by atoms with Gasteiger partial charge in [0.1, 0.15) is 5.92 Å². The third kappa shape index (κ3) is 2.48. The number of pyridine rings is 1. The van der Waals surface area contributed by atoms with Crippen LogP contribution in [0.3, 0.4) is 0 Å². The molecule has 1 aromatic carbocycles. The van der Waals surface area contributed by atoms with Crippen LogP contribution in [0.15, 0.2) is 36.5 Å². The molecule has 0 aliphatic carbocycles. The molecule has 2 N–H and O–H groups in total. The predicted molar refractivity (Wildman–Crippen MR) is 79.4 cm³/mol. The topological polar surface area (TPSA) is 91.4 Å². The Labute approximate surface area is 126 Å². The molecule has 1 aliphatic heterocycles. The second-order valence-electron chi connectivity index (χ2n) is 5.06. The van der Waals surface area contributed by atoms with Gasteiger partial charge in [-0.15, -0.1) is 0 Å². The maximum absolute atomic E-state index is 12.1. The molecular weight excluding hydrogens is 284 g/mol. The molecule has 7 nitrogen and oxygen atoms in total. The van der Waals surface area contributed by atoms with Crippen LogP contribution in [0.4, 0.5) is 5.69 Å². The van der Waals surface area contributed by atoms with Crippen molar-refractivity contribution in [2.75, 3.05) is 12.4 Å². The zero-order valence-electron chi connectivity index (χ0n) is 11.9. The molecule has 22 heavy (non-hydrogen) atoms. The minimum Gasteiger partial charge on any atom is -0.324 e. The first kappa shape index (κ1) is 14.0. The van der Waals surface area contributed by atoms with Crippen molar-refractivity contribution in [1.82, 2.24) is 15.4 Å². The van der Waals surface area contributed by atoms with Crippen LogP contribution < -0.4 is 10.7 Å². The second kappa shape index (κ2) is 5.44. The largest absolute Gasteiger partial charge is 0.324 e. The van der Waals surface area contributed by atoms with Crippen LogP contribution in [0.1, 0.15) is 6.42 Å². The van der Waals surface area contributed by atoms with Crippen LogP contribution in [0.25, 0.3) is 10.9 Å². The summed E-state index contributed by atoms with van der Waals surface area (Å²) in [7, 11) is 1.45. The van der Waals surface area contributed by atoms with Crippen LogP contribution in [-0.4, -0.2) is 34.8 Å². The van der Waals surface area contributed by atoms with E-state index < -0.39 is 23.6 Å². The fourth-order valence-corrected chi connectivity index (χ4v) is 2.42. The average molecular weight is 298 g/mol. The van der Waals surface area contributed by atoms with Gasteiger partial charge in [-0.25, -0.2) is 0 Å². The normalized spacial score (nSPS) is 17.7. The van der Waals surface area contributed by atoms with Crippen molar-refractivity contribution in [3.8, 4) is 0 Å². The number of benzene rings is 1. The minimum absolute atomic E-state index is 0.196. The van der Waals surface area contributed by atoms with Crippen molar-refractivity contribution in [3.05, 3.63) is 36.5 Å². The first-order valence-electron chi connectivity index (χ1n) is 6.78. The number of fused-ring (bicyclic) bond motifs is 1. The highest BCUT2D eigenvalue weighted by Crippen LogP contribution is 2.21. The van der Waals surface area contributed by atoms with Crippen LogP contribution in [-0.2, 0) is 14.4 Å². The SMILES string of the molecule is CN1NC(=O)C(CC(=O)Nc2cccc3cccnc23)C1=O.